The molecule has 1 amide bonds. The maximum atomic E-state index is 12.5. The molecule has 2 aromatic carbocycles. The fraction of sp³-hybridized carbons (Fsp3) is 0.0667. The van der Waals surface area contributed by atoms with Gasteiger partial charge >= 0.3 is 0 Å². The molecule has 1 heterocycles. The Hall–Kier alpha value is -2.73. The molecule has 6 nitrogen and oxygen atoms in total. The third-order valence-corrected chi connectivity index (χ3v) is 3.44. The van der Waals surface area contributed by atoms with Crippen LogP contribution in [0.25, 0.3) is 11.4 Å². The van der Waals surface area contributed by atoms with Crippen molar-refractivity contribution in [3.63, 3.8) is 0 Å². The number of carbonyl (C=O) groups is 1. The van der Waals surface area contributed by atoms with Gasteiger partial charge in [0.2, 0.25) is 5.82 Å². The van der Waals surface area contributed by atoms with Gasteiger partial charge in [-0.25, -0.2) is 0 Å². The molecule has 0 aliphatic heterocycles. The minimum atomic E-state index is -0.240. The van der Waals surface area contributed by atoms with Gasteiger partial charge in [-0.15, -0.1) is 10.2 Å². The minimum Gasteiger partial charge on any atom is -0.321 e. The third-order valence-electron chi connectivity index (χ3n) is 3.21. The lowest BCUT2D eigenvalue weighted by molar-refractivity contribution is 0.102. The third kappa shape index (κ3) is 2.82. The summed E-state index contributed by atoms with van der Waals surface area (Å²) in [4.78, 5) is 12.5. The van der Waals surface area contributed by atoms with Crippen molar-refractivity contribution >= 4 is 23.2 Å². The maximum absolute atomic E-state index is 12.5. The number of aryl methyl sites for hydroxylation is 1. The molecule has 0 saturated carbocycles. The molecular weight excluding hydrogens is 302 g/mol. The SMILES string of the molecule is Cc1ccc(Cl)cc1C(=O)Nc1ccccc1-c1nn[nH]n1. The van der Waals surface area contributed by atoms with Crippen LogP contribution in [0, 0.1) is 6.92 Å². The van der Waals surface area contributed by atoms with Crippen LogP contribution in [-0.2, 0) is 0 Å². The summed E-state index contributed by atoms with van der Waals surface area (Å²) in [6.45, 7) is 1.86. The zero-order valence-electron chi connectivity index (χ0n) is 11.7. The first-order valence-corrected chi connectivity index (χ1v) is 6.93. The van der Waals surface area contributed by atoms with E-state index >= 15 is 0 Å². The number of para-hydroxylation sites is 1. The van der Waals surface area contributed by atoms with E-state index in [1.165, 1.54) is 0 Å². The molecule has 0 spiro atoms. The first kappa shape index (κ1) is 14.2. The number of rotatable bonds is 3. The molecule has 7 heteroatoms. The summed E-state index contributed by atoms with van der Waals surface area (Å²) >= 11 is 5.96. The van der Waals surface area contributed by atoms with Crippen molar-refractivity contribution in [3.8, 4) is 11.4 Å². The Morgan fingerprint density at radius 3 is 2.82 bits per heavy atom. The zero-order chi connectivity index (χ0) is 15.5. The molecular formula is C15H12ClN5O. The molecule has 22 heavy (non-hydrogen) atoms. The highest BCUT2D eigenvalue weighted by Gasteiger charge is 2.14. The Morgan fingerprint density at radius 2 is 2.05 bits per heavy atom. The smallest absolute Gasteiger partial charge is 0.256 e. The number of carbonyl (C=O) groups excluding carboxylic acids is 1. The monoisotopic (exact) mass is 313 g/mol. The van der Waals surface area contributed by atoms with Crippen molar-refractivity contribution in [1.82, 2.24) is 20.6 Å². The molecule has 0 unspecified atom stereocenters. The highest BCUT2D eigenvalue weighted by atomic mass is 35.5. The first-order chi connectivity index (χ1) is 10.6. The lowest BCUT2D eigenvalue weighted by Gasteiger charge is -2.10. The largest absolute Gasteiger partial charge is 0.321 e. The van der Waals surface area contributed by atoms with E-state index in [2.05, 4.69) is 25.9 Å². The van der Waals surface area contributed by atoms with Crippen molar-refractivity contribution in [3.05, 3.63) is 58.6 Å². The molecule has 110 valence electrons. The van der Waals surface area contributed by atoms with Crippen LogP contribution in [0.2, 0.25) is 5.02 Å². The van der Waals surface area contributed by atoms with E-state index in [1.54, 1.807) is 18.2 Å². The molecule has 0 saturated heterocycles. The van der Waals surface area contributed by atoms with Crippen molar-refractivity contribution in [2.45, 2.75) is 6.92 Å². The topological polar surface area (TPSA) is 83.6 Å². The van der Waals surface area contributed by atoms with Crippen LogP contribution in [0.1, 0.15) is 15.9 Å². The Kier molecular flexibility index (Phi) is 3.84. The number of nitrogens with one attached hydrogen (secondary N) is 2. The molecule has 2 N–H and O–H groups in total. The number of anilines is 1. The fourth-order valence-corrected chi connectivity index (χ4v) is 2.26. The average molecular weight is 314 g/mol. The van der Waals surface area contributed by atoms with Crippen molar-refractivity contribution < 1.29 is 4.79 Å². The van der Waals surface area contributed by atoms with Crippen LogP contribution in [0.3, 0.4) is 0 Å². The quantitative estimate of drug-likeness (QED) is 0.778. The van der Waals surface area contributed by atoms with Gasteiger partial charge in [-0.1, -0.05) is 29.8 Å². The number of nitrogens with zero attached hydrogens (tertiary/aromatic N) is 3. The standard InChI is InChI=1S/C15H12ClN5O/c1-9-6-7-10(16)8-12(9)15(22)17-13-5-3-2-4-11(13)14-18-20-21-19-14/h2-8H,1H3,(H,17,22)(H,18,19,20,21). The zero-order valence-corrected chi connectivity index (χ0v) is 12.4. The Labute approximate surface area is 131 Å². The molecule has 0 aliphatic carbocycles. The molecule has 1 aromatic heterocycles. The predicted octanol–water partition coefficient (Wildman–Crippen LogP) is 3.08. The predicted molar refractivity (Wildman–Crippen MR) is 83.8 cm³/mol. The van der Waals surface area contributed by atoms with Crippen LogP contribution in [0.4, 0.5) is 5.69 Å². The van der Waals surface area contributed by atoms with Crippen LogP contribution in [0.15, 0.2) is 42.5 Å². The van der Waals surface area contributed by atoms with Crippen LogP contribution in [-0.4, -0.2) is 26.5 Å². The molecule has 0 bridgehead atoms. The summed E-state index contributed by atoms with van der Waals surface area (Å²) in [5.74, 6) is 0.176. The van der Waals surface area contributed by atoms with Crippen molar-refractivity contribution in [1.29, 1.82) is 0 Å². The van der Waals surface area contributed by atoms with Crippen molar-refractivity contribution in [2.24, 2.45) is 0 Å². The summed E-state index contributed by atoms with van der Waals surface area (Å²) in [5, 5.41) is 17.2. The van der Waals surface area contributed by atoms with E-state index in [1.807, 2.05) is 31.2 Å². The molecule has 0 fully saturated rings. The second-order valence-electron chi connectivity index (χ2n) is 4.69. The molecule has 0 atom stereocenters. The Balaban J connectivity index is 1.94. The number of halogens is 1. The number of aromatic nitrogens is 4. The maximum Gasteiger partial charge on any atom is 0.256 e. The highest BCUT2D eigenvalue weighted by molar-refractivity contribution is 6.31. The number of tetrazole rings is 1. The van der Waals surface area contributed by atoms with E-state index < -0.39 is 0 Å². The summed E-state index contributed by atoms with van der Waals surface area (Å²) in [7, 11) is 0. The van der Waals surface area contributed by atoms with Gasteiger partial charge in [0.1, 0.15) is 0 Å². The normalized spacial score (nSPS) is 10.5. The van der Waals surface area contributed by atoms with E-state index in [-0.39, 0.29) is 5.91 Å². The van der Waals surface area contributed by atoms with Gasteiger partial charge in [0, 0.05) is 16.1 Å². The van der Waals surface area contributed by atoms with Gasteiger partial charge in [0.25, 0.3) is 5.91 Å². The number of amides is 1. The molecule has 3 rings (SSSR count). The van der Waals surface area contributed by atoms with Gasteiger partial charge in [0.15, 0.2) is 0 Å². The number of hydrogen-bond donors (Lipinski definition) is 2. The van der Waals surface area contributed by atoms with Crippen LogP contribution < -0.4 is 5.32 Å². The van der Waals surface area contributed by atoms with Gasteiger partial charge in [-0.2, -0.15) is 5.21 Å². The fourth-order valence-electron chi connectivity index (χ4n) is 2.09. The van der Waals surface area contributed by atoms with E-state index in [9.17, 15) is 4.79 Å². The summed E-state index contributed by atoms with van der Waals surface area (Å²) in [6, 6.07) is 12.5. The van der Waals surface area contributed by atoms with E-state index in [0.717, 1.165) is 5.56 Å². The minimum absolute atomic E-state index is 0.240. The molecule has 0 radical (unpaired) electrons. The van der Waals surface area contributed by atoms with Gasteiger partial charge in [0.05, 0.1) is 5.69 Å². The van der Waals surface area contributed by atoms with Crippen LogP contribution >= 0.6 is 11.6 Å². The van der Waals surface area contributed by atoms with Gasteiger partial charge in [-0.3, -0.25) is 4.79 Å². The highest BCUT2D eigenvalue weighted by Crippen LogP contribution is 2.25. The van der Waals surface area contributed by atoms with E-state index in [0.29, 0.717) is 27.7 Å². The molecule has 0 aliphatic rings. The Morgan fingerprint density at radius 1 is 1.23 bits per heavy atom. The number of aromatic amines is 1. The molecule has 3 aromatic rings. The summed E-state index contributed by atoms with van der Waals surface area (Å²) in [5.41, 5.74) is 2.66. The first-order valence-electron chi connectivity index (χ1n) is 6.55. The number of hydrogen-bond acceptors (Lipinski definition) is 4. The summed E-state index contributed by atoms with van der Waals surface area (Å²) in [6.07, 6.45) is 0. The Bertz CT molecular complexity index is 817. The van der Waals surface area contributed by atoms with Crippen LogP contribution in [0.5, 0.6) is 0 Å². The number of H-pyrrole nitrogens is 1. The summed E-state index contributed by atoms with van der Waals surface area (Å²) < 4.78 is 0. The second-order valence-corrected chi connectivity index (χ2v) is 5.13. The van der Waals surface area contributed by atoms with E-state index in [4.69, 9.17) is 11.6 Å². The lowest BCUT2D eigenvalue weighted by Crippen LogP contribution is -2.14. The van der Waals surface area contributed by atoms with Gasteiger partial charge in [-0.05, 0) is 42.0 Å². The second kappa shape index (κ2) is 5.95. The average Bonchev–Trinajstić information content (AvgIpc) is 3.04. The van der Waals surface area contributed by atoms with Crippen molar-refractivity contribution in [2.75, 3.05) is 5.32 Å². The number of benzene rings is 2. The van der Waals surface area contributed by atoms with Gasteiger partial charge < -0.3 is 5.32 Å². The lowest BCUT2D eigenvalue weighted by atomic mass is 10.1.